The van der Waals surface area contributed by atoms with E-state index in [4.69, 9.17) is 16.7 Å². The van der Waals surface area contributed by atoms with Gasteiger partial charge < -0.3 is 10.0 Å². The topological polar surface area (TPSA) is 57.6 Å². The van der Waals surface area contributed by atoms with Gasteiger partial charge in [-0.3, -0.25) is 9.59 Å². The van der Waals surface area contributed by atoms with Crippen LogP contribution in [0.25, 0.3) is 0 Å². The summed E-state index contributed by atoms with van der Waals surface area (Å²) in [5.41, 5.74) is 0.233. The molecular weight excluding hydrogens is 297 g/mol. The maximum absolute atomic E-state index is 13.3. The van der Waals surface area contributed by atoms with Crippen molar-refractivity contribution >= 4 is 23.5 Å². The number of amides is 1. The molecule has 0 aliphatic carbocycles. The van der Waals surface area contributed by atoms with Crippen LogP contribution in [-0.4, -0.2) is 35.0 Å². The minimum absolute atomic E-state index is 0.0939. The number of aliphatic carboxylic acids is 1. The standard InChI is InChI=1S/C15H17ClFNO3/c16-12-7-11(8-13(17)9-12)15(21)18-4-1-2-10(3-5-18)6-14(19)20/h7-10H,1-6H2,(H,19,20)/t10-/m0/s1. The lowest BCUT2D eigenvalue weighted by Gasteiger charge is -2.20. The largest absolute Gasteiger partial charge is 0.481 e. The van der Waals surface area contributed by atoms with Crippen molar-refractivity contribution in [1.82, 2.24) is 4.90 Å². The fourth-order valence-corrected chi connectivity index (χ4v) is 2.90. The molecule has 114 valence electrons. The van der Waals surface area contributed by atoms with E-state index in [1.165, 1.54) is 12.1 Å². The molecule has 6 heteroatoms. The quantitative estimate of drug-likeness (QED) is 0.932. The fraction of sp³-hybridized carbons (Fsp3) is 0.467. The number of carbonyl (C=O) groups is 2. The van der Waals surface area contributed by atoms with Gasteiger partial charge in [-0.15, -0.1) is 0 Å². The van der Waals surface area contributed by atoms with Gasteiger partial charge >= 0.3 is 5.97 Å². The fourth-order valence-electron chi connectivity index (χ4n) is 2.68. The van der Waals surface area contributed by atoms with Crippen LogP contribution in [0.3, 0.4) is 0 Å². The zero-order valence-corrected chi connectivity index (χ0v) is 12.3. The summed E-state index contributed by atoms with van der Waals surface area (Å²) in [6.45, 7) is 1.05. The number of rotatable bonds is 3. The van der Waals surface area contributed by atoms with Crippen LogP contribution in [0.2, 0.25) is 5.02 Å². The molecule has 1 aromatic rings. The summed E-state index contributed by atoms with van der Waals surface area (Å²) in [7, 11) is 0. The number of benzene rings is 1. The van der Waals surface area contributed by atoms with Gasteiger partial charge in [-0.25, -0.2) is 4.39 Å². The van der Waals surface area contributed by atoms with Gasteiger partial charge in [0.2, 0.25) is 0 Å². The van der Waals surface area contributed by atoms with E-state index in [1.54, 1.807) is 4.90 Å². The van der Waals surface area contributed by atoms with Crippen LogP contribution in [0.5, 0.6) is 0 Å². The summed E-state index contributed by atoms with van der Waals surface area (Å²) in [4.78, 5) is 24.8. The molecule has 1 aromatic carbocycles. The number of carboxylic acids is 1. The number of hydrogen-bond donors (Lipinski definition) is 1. The summed E-state index contributed by atoms with van der Waals surface area (Å²) < 4.78 is 13.3. The van der Waals surface area contributed by atoms with Crippen molar-refractivity contribution in [3.63, 3.8) is 0 Å². The van der Waals surface area contributed by atoms with Gasteiger partial charge in [-0.05, 0) is 43.4 Å². The number of carboxylic acid groups (broad SMARTS) is 1. The van der Waals surface area contributed by atoms with Crippen LogP contribution in [0, 0.1) is 11.7 Å². The molecule has 1 amide bonds. The molecule has 21 heavy (non-hydrogen) atoms. The van der Waals surface area contributed by atoms with Gasteiger partial charge in [0, 0.05) is 30.1 Å². The third-order valence-corrected chi connectivity index (χ3v) is 3.93. The van der Waals surface area contributed by atoms with Crippen molar-refractivity contribution in [2.75, 3.05) is 13.1 Å². The zero-order valence-electron chi connectivity index (χ0n) is 11.5. The molecular formula is C15H17ClFNO3. The van der Waals surface area contributed by atoms with Crippen molar-refractivity contribution in [1.29, 1.82) is 0 Å². The first kappa shape index (κ1) is 15.8. The van der Waals surface area contributed by atoms with Gasteiger partial charge in [0.15, 0.2) is 0 Å². The molecule has 1 saturated heterocycles. The summed E-state index contributed by atoms with van der Waals surface area (Å²) in [6, 6.07) is 3.78. The molecule has 0 unspecified atom stereocenters. The van der Waals surface area contributed by atoms with Crippen molar-refractivity contribution in [2.24, 2.45) is 5.92 Å². The SMILES string of the molecule is O=C(O)C[C@H]1CCCN(C(=O)c2cc(F)cc(Cl)c2)CC1. The maximum Gasteiger partial charge on any atom is 0.303 e. The highest BCUT2D eigenvalue weighted by Gasteiger charge is 2.23. The van der Waals surface area contributed by atoms with Gasteiger partial charge in [0.1, 0.15) is 5.82 Å². The van der Waals surface area contributed by atoms with E-state index < -0.39 is 11.8 Å². The average molecular weight is 314 g/mol. The Labute approximate surface area is 127 Å². The average Bonchev–Trinajstić information content (AvgIpc) is 2.61. The van der Waals surface area contributed by atoms with Crippen LogP contribution < -0.4 is 0 Å². The first-order chi connectivity index (χ1) is 9.95. The first-order valence-corrected chi connectivity index (χ1v) is 7.30. The number of hydrogen-bond acceptors (Lipinski definition) is 2. The lowest BCUT2D eigenvalue weighted by atomic mass is 9.97. The molecule has 0 bridgehead atoms. The highest BCUT2D eigenvalue weighted by molar-refractivity contribution is 6.31. The van der Waals surface area contributed by atoms with Crippen molar-refractivity contribution < 1.29 is 19.1 Å². The highest BCUT2D eigenvalue weighted by Crippen LogP contribution is 2.23. The monoisotopic (exact) mass is 313 g/mol. The van der Waals surface area contributed by atoms with Crippen molar-refractivity contribution in [3.05, 3.63) is 34.6 Å². The predicted molar refractivity (Wildman–Crippen MR) is 76.9 cm³/mol. The molecule has 2 rings (SSSR count). The number of halogens is 2. The van der Waals surface area contributed by atoms with Crippen molar-refractivity contribution in [2.45, 2.75) is 25.7 Å². The number of carbonyl (C=O) groups excluding carboxylic acids is 1. The molecule has 1 aliphatic rings. The van der Waals surface area contributed by atoms with Gasteiger partial charge in [0.05, 0.1) is 0 Å². The smallest absolute Gasteiger partial charge is 0.303 e. The predicted octanol–water partition coefficient (Wildman–Crippen LogP) is 3.20. The molecule has 4 nitrogen and oxygen atoms in total. The van der Waals surface area contributed by atoms with E-state index in [9.17, 15) is 14.0 Å². The van der Waals surface area contributed by atoms with E-state index >= 15 is 0 Å². The Hall–Kier alpha value is -1.62. The second-order valence-electron chi connectivity index (χ2n) is 5.35. The minimum Gasteiger partial charge on any atom is -0.481 e. The first-order valence-electron chi connectivity index (χ1n) is 6.93. The van der Waals surface area contributed by atoms with Gasteiger partial charge in [-0.1, -0.05) is 11.6 Å². The lowest BCUT2D eigenvalue weighted by molar-refractivity contribution is -0.138. The second-order valence-corrected chi connectivity index (χ2v) is 5.78. The van der Waals surface area contributed by atoms with Crippen LogP contribution in [0.15, 0.2) is 18.2 Å². The number of nitrogens with zero attached hydrogens (tertiary/aromatic N) is 1. The van der Waals surface area contributed by atoms with E-state index in [2.05, 4.69) is 0 Å². The summed E-state index contributed by atoms with van der Waals surface area (Å²) in [5.74, 6) is -1.51. The molecule has 1 fully saturated rings. The van der Waals surface area contributed by atoms with Crippen LogP contribution >= 0.6 is 11.6 Å². The molecule has 0 spiro atoms. The summed E-state index contributed by atoms with van der Waals surface area (Å²) in [5, 5.41) is 9.03. The second kappa shape index (κ2) is 6.89. The molecule has 1 atom stereocenters. The van der Waals surface area contributed by atoms with Gasteiger partial charge in [-0.2, -0.15) is 0 Å². The number of likely N-dealkylation sites (tertiary alicyclic amines) is 1. The third-order valence-electron chi connectivity index (χ3n) is 3.71. The Kier molecular flexibility index (Phi) is 5.17. The highest BCUT2D eigenvalue weighted by atomic mass is 35.5. The molecule has 1 aliphatic heterocycles. The van der Waals surface area contributed by atoms with E-state index in [-0.39, 0.29) is 28.8 Å². The Morgan fingerprint density at radius 3 is 2.71 bits per heavy atom. The molecule has 0 saturated carbocycles. The molecule has 1 N–H and O–H groups in total. The van der Waals surface area contributed by atoms with Crippen molar-refractivity contribution in [3.8, 4) is 0 Å². The molecule has 0 radical (unpaired) electrons. The van der Waals surface area contributed by atoms with E-state index in [0.29, 0.717) is 19.5 Å². The Balaban J connectivity index is 2.04. The Morgan fingerprint density at radius 2 is 2.05 bits per heavy atom. The zero-order chi connectivity index (χ0) is 15.4. The molecule has 1 heterocycles. The Bertz CT molecular complexity index is 529. The third kappa shape index (κ3) is 4.43. The normalized spacial score (nSPS) is 19.1. The van der Waals surface area contributed by atoms with E-state index in [1.807, 2.05) is 0 Å². The van der Waals surface area contributed by atoms with Crippen LogP contribution in [-0.2, 0) is 4.79 Å². The maximum atomic E-state index is 13.3. The summed E-state index contributed by atoms with van der Waals surface area (Å²) >= 11 is 5.77. The summed E-state index contributed by atoms with van der Waals surface area (Å²) in [6.07, 6.45) is 2.33. The Morgan fingerprint density at radius 1 is 1.29 bits per heavy atom. The van der Waals surface area contributed by atoms with Crippen LogP contribution in [0.1, 0.15) is 36.0 Å². The molecule has 0 aromatic heterocycles. The van der Waals surface area contributed by atoms with Crippen LogP contribution in [0.4, 0.5) is 4.39 Å². The lowest BCUT2D eigenvalue weighted by Crippen LogP contribution is -2.32. The van der Waals surface area contributed by atoms with Gasteiger partial charge in [0.25, 0.3) is 5.91 Å². The van der Waals surface area contributed by atoms with E-state index in [0.717, 1.165) is 18.9 Å². The minimum atomic E-state index is -0.809.